The quantitative estimate of drug-likeness (QED) is 0.402. The Morgan fingerprint density at radius 2 is 1.81 bits per heavy atom. The monoisotopic (exact) mass is 507 g/mol. The van der Waals surface area contributed by atoms with Gasteiger partial charge in [0, 0.05) is 15.1 Å². The number of aromatic carboxylic acids is 1. The molecule has 0 saturated heterocycles. The Labute approximate surface area is 216 Å². The van der Waals surface area contributed by atoms with Crippen LogP contribution >= 0.6 is 27.5 Å². The van der Waals surface area contributed by atoms with E-state index in [0.717, 1.165) is 51.8 Å². The molecule has 3 aromatic rings. The molecule has 7 heteroatoms. The number of nitrogens with zero attached hydrogens (tertiary/aromatic N) is 1. The molecule has 1 aliphatic carbocycles. The van der Waals surface area contributed by atoms with Crippen molar-refractivity contribution in [2.45, 2.75) is 25.9 Å². The van der Waals surface area contributed by atoms with E-state index in [-0.39, 0.29) is 35.3 Å². The molecule has 0 saturated carbocycles. The maximum absolute atomic E-state index is 11.3. The van der Waals surface area contributed by atoms with Crippen LogP contribution < -0.4 is 4.74 Å². The van der Waals surface area contributed by atoms with E-state index in [0.29, 0.717) is 17.3 Å². The second kappa shape index (κ2) is 10.8. The van der Waals surface area contributed by atoms with Crippen molar-refractivity contribution in [2.75, 3.05) is 0 Å². The zero-order valence-corrected chi connectivity index (χ0v) is 18.4. The molecule has 4 rings (SSSR count). The summed E-state index contributed by atoms with van der Waals surface area (Å²) in [7, 11) is 0. The average molecular weight is 509 g/mol. The summed E-state index contributed by atoms with van der Waals surface area (Å²) in [6.45, 7) is 0.442. The van der Waals surface area contributed by atoms with Gasteiger partial charge in [0.25, 0.3) is 0 Å². The van der Waals surface area contributed by atoms with Crippen LogP contribution in [0.1, 0.15) is 46.6 Å². The SMILES string of the molecule is O=C(O)c1cccc(C2=C(c3cc(Cl)ccc3OCc3ccc(Br)cc3)CCC2)n1.[NaH]. The minimum absolute atomic E-state index is 0. The molecule has 0 unspecified atom stereocenters. The average Bonchev–Trinajstić information content (AvgIpc) is 3.24. The van der Waals surface area contributed by atoms with Crippen molar-refractivity contribution in [1.82, 2.24) is 4.98 Å². The van der Waals surface area contributed by atoms with Crippen LogP contribution in [0.25, 0.3) is 11.1 Å². The van der Waals surface area contributed by atoms with Gasteiger partial charge in [-0.2, -0.15) is 0 Å². The number of carboxylic acid groups (broad SMARTS) is 1. The fourth-order valence-corrected chi connectivity index (χ4v) is 4.09. The van der Waals surface area contributed by atoms with Crippen LogP contribution in [0.2, 0.25) is 5.02 Å². The second-order valence-electron chi connectivity index (χ2n) is 7.08. The van der Waals surface area contributed by atoms with E-state index in [4.69, 9.17) is 16.3 Å². The number of ether oxygens (including phenoxy) is 1. The Morgan fingerprint density at radius 1 is 1.06 bits per heavy atom. The number of allylic oxidation sites excluding steroid dienone is 2. The van der Waals surface area contributed by atoms with Gasteiger partial charge in [0.1, 0.15) is 18.1 Å². The number of pyridine rings is 1. The summed E-state index contributed by atoms with van der Waals surface area (Å²) in [5, 5.41) is 9.92. The predicted octanol–water partition coefficient (Wildman–Crippen LogP) is 6.22. The van der Waals surface area contributed by atoms with E-state index in [1.54, 1.807) is 6.07 Å². The number of hydrogen-bond acceptors (Lipinski definition) is 3. The zero-order chi connectivity index (χ0) is 21.1. The van der Waals surface area contributed by atoms with Crippen LogP contribution in [-0.4, -0.2) is 45.6 Å². The molecular formula is C24H20BrClNNaO3. The standard InChI is InChI=1S/C24H19BrClNO3.Na.H/c25-16-9-7-15(8-10-16)14-30-23-12-11-17(26)13-20(23)18-3-1-4-19(18)21-5-2-6-22(27-21)24(28)29;;/h2,5-13H,1,3-4,14H2,(H,28,29);;. The Morgan fingerprint density at radius 3 is 2.55 bits per heavy atom. The molecule has 1 aromatic heterocycles. The summed E-state index contributed by atoms with van der Waals surface area (Å²) in [6, 6.07) is 18.7. The molecule has 0 spiro atoms. The van der Waals surface area contributed by atoms with E-state index in [1.165, 1.54) is 6.07 Å². The molecule has 0 aliphatic heterocycles. The van der Waals surface area contributed by atoms with Gasteiger partial charge in [0.2, 0.25) is 0 Å². The van der Waals surface area contributed by atoms with Gasteiger partial charge < -0.3 is 9.84 Å². The summed E-state index contributed by atoms with van der Waals surface area (Å²) < 4.78 is 7.18. The number of benzene rings is 2. The molecule has 1 N–H and O–H groups in total. The Balaban J connectivity index is 0.00000272. The van der Waals surface area contributed by atoms with Crippen molar-refractivity contribution in [3.05, 3.63) is 92.7 Å². The molecule has 2 aromatic carbocycles. The van der Waals surface area contributed by atoms with Gasteiger partial charge in [0.05, 0.1) is 5.69 Å². The fourth-order valence-electron chi connectivity index (χ4n) is 3.65. The summed E-state index contributed by atoms with van der Waals surface area (Å²) in [4.78, 5) is 15.7. The number of halogens is 2. The first-order valence-electron chi connectivity index (χ1n) is 9.61. The van der Waals surface area contributed by atoms with Crippen molar-refractivity contribution in [2.24, 2.45) is 0 Å². The zero-order valence-electron chi connectivity index (χ0n) is 16.1. The summed E-state index contributed by atoms with van der Waals surface area (Å²) in [5.41, 5.74) is 4.91. The van der Waals surface area contributed by atoms with Gasteiger partial charge in [-0.15, -0.1) is 0 Å². The van der Waals surface area contributed by atoms with E-state index in [9.17, 15) is 9.90 Å². The summed E-state index contributed by atoms with van der Waals surface area (Å²) >= 11 is 9.76. The van der Waals surface area contributed by atoms with Crippen LogP contribution in [0, 0.1) is 0 Å². The number of hydrogen-bond donors (Lipinski definition) is 1. The molecule has 0 atom stereocenters. The molecule has 0 amide bonds. The van der Waals surface area contributed by atoms with Crippen LogP contribution in [0.5, 0.6) is 5.75 Å². The third-order valence-corrected chi connectivity index (χ3v) is 5.83. The molecular weight excluding hydrogens is 489 g/mol. The van der Waals surface area contributed by atoms with E-state index in [1.807, 2.05) is 48.5 Å². The third kappa shape index (κ3) is 5.79. The van der Waals surface area contributed by atoms with Crippen molar-refractivity contribution >= 4 is 74.2 Å². The molecule has 0 bridgehead atoms. The molecule has 1 aliphatic rings. The Hall–Kier alpha value is -1.63. The molecule has 31 heavy (non-hydrogen) atoms. The summed E-state index contributed by atoms with van der Waals surface area (Å²) in [6.07, 6.45) is 2.68. The van der Waals surface area contributed by atoms with Crippen LogP contribution in [0.3, 0.4) is 0 Å². The molecule has 1 heterocycles. The van der Waals surface area contributed by atoms with Gasteiger partial charge in [-0.25, -0.2) is 9.78 Å². The third-order valence-electron chi connectivity index (χ3n) is 5.07. The van der Waals surface area contributed by atoms with Gasteiger partial charge in [-0.1, -0.05) is 45.7 Å². The van der Waals surface area contributed by atoms with Crippen molar-refractivity contribution in [3.63, 3.8) is 0 Å². The Bertz CT molecular complexity index is 1130. The molecule has 154 valence electrons. The molecule has 0 radical (unpaired) electrons. The molecule has 0 fully saturated rings. The van der Waals surface area contributed by atoms with Gasteiger partial charge in [-0.05, 0) is 78.4 Å². The maximum atomic E-state index is 11.3. The first kappa shape index (κ1) is 24.0. The van der Waals surface area contributed by atoms with Gasteiger partial charge in [0.15, 0.2) is 0 Å². The summed E-state index contributed by atoms with van der Waals surface area (Å²) in [5.74, 6) is -0.274. The van der Waals surface area contributed by atoms with Crippen molar-refractivity contribution < 1.29 is 14.6 Å². The van der Waals surface area contributed by atoms with Crippen LogP contribution in [-0.2, 0) is 6.61 Å². The second-order valence-corrected chi connectivity index (χ2v) is 8.43. The van der Waals surface area contributed by atoms with E-state index < -0.39 is 5.97 Å². The topological polar surface area (TPSA) is 59.4 Å². The normalized spacial score (nSPS) is 13.1. The minimum atomic E-state index is -1.03. The van der Waals surface area contributed by atoms with Crippen molar-refractivity contribution in [3.8, 4) is 5.75 Å². The van der Waals surface area contributed by atoms with Crippen LogP contribution in [0.15, 0.2) is 65.1 Å². The number of carboxylic acids is 1. The number of carbonyl (C=O) groups is 1. The number of aromatic nitrogens is 1. The first-order chi connectivity index (χ1) is 14.5. The number of rotatable bonds is 6. The van der Waals surface area contributed by atoms with Gasteiger partial charge in [-0.3, -0.25) is 0 Å². The fraction of sp³-hybridized carbons (Fsp3) is 0.167. The van der Waals surface area contributed by atoms with E-state index in [2.05, 4.69) is 20.9 Å². The van der Waals surface area contributed by atoms with Gasteiger partial charge >= 0.3 is 35.5 Å². The Kier molecular flexibility index (Phi) is 8.36. The van der Waals surface area contributed by atoms with Crippen molar-refractivity contribution in [1.29, 1.82) is 0 Å². The predicted molar refractivity (Wildman–Crippen MR) is 129 cm³/mol. The van der Waals surface area contributed by atoms with E-state index >= 15 is 0 Å². The molecule has 4 nitrogen and oxygen atoms in total. The first-order valence-corrected chi connectivity index (χ1v) is 10.8. The van der Waals surface area contributed by atoms with Crippen LogP contribution in [0.4, 0.5) is 0 Å².